The second kappa shape index (κ2) is 4.86. The van der Waals surface area contributed by atoms with Crippen molar-refractivity contribution in [2.45, 2.75) is 26.5 Å². The standard InChI is InChI=1S/C12H16N4O/c1-9(2)17-11-5-3-10(4-6-11)7-16-8-14-12(13)15-16/h3-6,8-9H,7H2,1-2H3,(H2,13,15). The molecule has 5 nitrogen and oxygen atoms in total. The lowest BCUT2D eigenvalue weighted by Crippen LogP contribution is -2.06. The van der Waals surface area contributed by atoms with Crippen molar-refractivity contribution in [1.29, 1.82) is 0 Å². The van der Waals surface area contributed by atoms with Crippen molar-refractivity contribution in [1.82, 2.24) is 14.8 Å². The molecule has 1 aromatic carbocycles. The van der Waals surface area contributed by atoms with E-state index in [1.165, 1.54) is 0 Å². The predicted molar refractivity (Wildman–Crippen MR) is 65.7 cm³/mol. The Morgan fingerprint density at radius 1 is 1.29 bits per heavy atom. The number of rotatable bonds is 4. The predicted octanol–water partition coefficient (Wildman–Crippen LogP) is 1.70. The molecule has 17 heavy (non-hydrogen) atoms. The fraction of sp³-hybridized carbons (Fsp3) is 0.333. The molecule has 1 heterocycles. The molecular weight excluding hydrogens is 216 g/mol. The number of hydrogen-bond donors (Lipinski definition) is 1. The van der Waals surface area contributed by atoms with Crippen LogP contribution < -0.4 is 10.5 Å². The summed E-state index contributed by atoms with van der Waals surface area (Å²) in [5.74, 6) is 1.17. The van der Waals surface area contributed by atoms with E-state index in [-0.39, 0.29) is 6.10 Å². The minimum atomic E-state index is 0.191. The third-order valence-electron chi connectivity index (χ3n) is 2.19. The van der Waals surface area contributed by atoms with E-state index in [1.54, 1.807) is 11.0 Å². The molecule has 0 fully saturated rings. The molecule has 0 spiro atoms. The summed E-state index contributed by atoms with van der Waals surface area (Å²) >= 11 is 0. The van der Waals surface area contributed by atoms with Crippen LogP contribution in [-0.2, 0) is 6.54 Å². The van der Waals surface area contributed by atoms with Crippen molar-refractivity contribution < 1.29 is 4.74 Å². The van der Waals surface area contributed by atoms with E-state index in [4.69, 9.17) is 10.5 Å². The Hall–Kier alpha value is -2.04. The number of nitrogens with zero attached hydrogens (tertiary/aromatic N) is 3. The zero-order valence-electron chi connectivity index (χ0n) is 10.00. The van der Waals surface area contributed by atoms with Gasteiger partial charge in [0.15, 0.2) is 0 Å². The summed E-state index contributed by atoms with van der Waals surface area (Å²) < 4.78 is 7.27. The highest BCUT2D eigenvalue weighted by molar-refractivity contribution is 5.27. The van der Waals surface area contributed by atoms with E-state index in [0.29, 0.717) is 12.5 Å². The zero-order chi connectivity index (χ0) is 12.3. The summed E-state index contributed by atoms with van der Waals surface area (Å²) in [6.07, 6.45) is 1.81. The van der Waals surface area contributed by atoms with E-state index < -0.39 is 0 Å². The molecule has 0 saturated heterocycles. The first kappa shape index (κ1) is 11.4. The van der Waals surface area contributed by atoms with Gasteiger partial charge < -0.3 is 10.5 Å². The Bertz CT molecular complexity index is 476. The third kappa shape index (κ3) is 3.21. The quantitative estimate of drug-likeness (QED) is 0.871. The summed E-state index contributed by atoms with van der Waals surface area (Å²) in [5, 5.41) is 4.03. The topological polar surface area (TPSA) is 66.0 Å². The summed E-state index contributed by atoms with van der Waals surface area (Å²) in [4.78, 5) is 3.87. The minimum absolute atomic E-state index is 0.191. The largest absolute Gasteiger partial charge is 0.491 e. The number of anilines is 1. The number of nitrogens with two attached hydrogens (primary N) is 1. The maximum atomic E-state index is 5.57. The van der Waals surface area contributed by atoms with Crippen LogP contribution in [0.1, 0.15) is 19.4 Å². The summed E-state index contributed by atoms with van der Waals surface area (Å²) in [6.45, 7) is 4.67. The number of nitrogen functional groups attached to an aromatic ring is 1. The first-order valence-corrected chi connectivity index (χ1v) is 5.54. The van der Waals surface area contributed by atoms with Crippen molar-refractivity contribution in [3.05, 3.63) is 36.2 Å². The summed E-state index contributed by atoms with van der Waals surface area (Å²) in [5.41, 5.74) is 6.58. The van der Waals surface area contributed by atoms with Gasteiger partial charge in [0.1, 0.15) is 12.1 Å². The second-order valence-corrected chi connectivity index (χ2v) is 4.11. The van der Waals surface area contributed by atoms with Crippen LogP contribution in [0.3, 0.4) is 0 Å². The van der Waals surface area contributed by atoms with Crippen LogP contribution in [0.25, 0.3) is 0 Å². The van der Waals surface area contributed by atoms with Crippen LogP contribution in [0.5, 0.6) is 5.75 Å². The highest BCUT2D eigenvalue weighted by atomic mass is 16.5. The van der Waals surface area contributed by atoms with Gasteiger partial charge in [-0.2, -0.15) is 0 Å². The van der Waals surface area contributed by atoms with Crippen molar-refractivity contribution in [3.8, 4) is 5.75 Å². The van der Waals surface area contributed by atoms with Crippen LogP contribution in [0.15, 0.2) is 30.6 Å². The molecule has 0 unspecified atom stereocenters. The number of benzene rings is 1. The maximum absolute atomic E-state index is 5.57. The van der Waals surface area contributed by atoms with Gasteiger partial charge in [0.05, 0.1) is 12.6 Å². The highest BCUT2D eigenvalue weighted by Crippen LogP contribution is 2.14. The first-order chi connectivity index (χ1) is 8.13. The lowest BCUT2D eigenvalue weighted by atomic mass is 10.2. The molecule has 0 aliphatic carbocycles. The van der Waals surface area contributed by atoms with Crippen LogP contribution in [0.4, 0.5) is 5.95 Å². The normalized spacial score (nSPS) is 10.8. The van der Waals surface area contributed by atoms with E-state index in [2.05, 4.69) is 10.1 Å². The van der Waals surface area contributed by atoms with Gasteiger partial charge in [0, 0.05) is 0 Å². The molecule has 5 heteroatoms. The average molecular weight is 232 g/mol. The molecule has 0 aliphatic heterocycles. The van der Waals surface area contributed by atoms with Crippen LogP contribution in [0, 0.1) is 0 Å². The molecule has 1 aromatic heterocycles. The molecule has 2 N–H and O–H groups in total. The van der Waals surface area contributed by atoms with E-state index in [9.17, 15) is 0 Å². The smallest absolute Gasteiger partial charge is 0.239 e. The second-order valence-electron chi connectivity index (χ2n) is 4.11. The fourth-order valence-electron chi connectivity index (χ4n) is 1.52. The Morgan fingerprint density at radius 2 is 2.00 bits per heavy atom. The zero-order valence-corrected chi connectivity index (χ0v) is 10.00. The summed E-state index contributed by atoms with van der Waals surface area (Å²) in [7, 11) is 0. The van der Waals surface area contributed by atoms with E-state index in [1.807, 2.05) is 38.1 Å². The molecule has 90 valence electrons. The lowest BCUT2D eigenvalue weighted by Gasteiger charge is -2.09. The van der Waals surface area contributed by atoms with Gasteiger partial charge in [-0.3, -0.25) is 0 Å². The van der Waals surface area contributed by atoms with Gasteiger partial charge in [-0.1, -0.05) is 12.1 Å². The molecular formula is C12H16N4O. The SMILES string of the molecule is CC(C)Oc1ccc(Cn2cnc(N)n2)cc1. The van der Waals surface area contributed by atoms with Crippen molar-refractivity contribution in [3.63, 3.8) is 0 Å². The van der Waals surface area contributed by atoms with Gasteiger partial charge in [0.2, 0.25) is 5.95 Å². The van der Waals surface area contributed by atoms with Gasteiger partial charge in [-0.15, -0.1) is 5.10 Å². The Balaban J connectivity index is 2.03. The highest BCUT2D eigenvalue weighted by Gasteiger charge is 2.00. The molecule has 0 bridgehead atoms. The van der Waals surface area contributed by atoms with Gasteiger partial charge in [-0.25, -0.2) is 9.67 Å². The summed E-state index contributed by atoms with van der Waals surface area (Å²) in [6, 6.07) is 7.93. The van der Waals surface area contributed by atoms with Crippen LogP contribution >= 0.6 is 0 Å². The van der Waals surface area contributed by atoms with Crippen LogP contribution in [0.2, 0.25) is 0 Å². The fourth-order valence-corrected chi connectivity index (χ4v) is 1.52. The average Bonchev–Trinajstić information content (AvgIpc) is 2.66. The maximum Gasteiger partial charge on any atom is 0.239 e. The molecule has 2 rings (SSSR count). The molecule has 0 aliphatic rings. The van der Waals surface area contributed by atoms with Gasteiger partial charge in [-0.05, 0) is 31.5 Å². The van der Waals surface area contributed by atoms with Crippen molar-refractivity contribution in [2.24, 2.45) is 0 Å². The number of ether oxygens (including phenoxy) is 1. The van der Waals surface area contributed by atoms with Crippen molar-refractivity contribution in [2.75, 3.05) is 5.73 Å². The van der Waals surface area contributed by atoms with Crippen molar-refractivity contribution >= 4 is 5.95 Å². The Kier molecular flexibility index (Phi) is 3.27. The van der Waals surface area contributed by atoms with Crippen LogP contribution in [-0.4, -0.2) is 20.9 Å². The molecule has 2 aromatic rings. The Morgan fingerprint density at radius 3 is 2.53 bits per heavy atom. The van der Waals surface area contributed by atoms with E-state index in [0.717, 1.165) is 11.3 Å². The molecule has 0 amide bonds. The minimum Gasteiger partial charge on any atom is -0.491 e. The Labute approximate surface area is 100 Å². The molecule has 0 atom stereocenters. The first-order valence-electron chi connectivity index (χ1n) is 5.54. The molecule has 0 radical (unpaired) electrons. The van der Waals surface area contributed by atoms with Gasteiger partial charge in [0.25, 0.3) is 0 Å². The third-order valence-corrected chi connectivity index (χ3v) is 2.19. The number of aromatic nitrogens is 3. The monoisotopic (exact) mass is 232 g/mol. The van der Waals surface area contributed by atoms with E-state index >= 15 is 0 Å². The number of hydrogen-bond acceptors (Lipinski definition) is 4. The molecule has 0 saturated carbocycles. The van der Waals surface area contributed by atoms with Gasteiger partial charge >= 0.3 is 0 Å². The lowest BCUT2D eigenvalue weighted by molar-refractivity contribution is 0.242.